The highest BCUT2D eigenvalue weighted by Gasteiger charge is 2.51. The van der Waals surface area contributed by atoms with Gasteiger partial charge in [-0.15, -0.1) is 0 Å². The Balaban J connectivity index is 1.72. The summed E-state index contributed by atoms with van der Waals surface area (Å²) in [6.07, 6.45) is -0.530. The van der Waals surface area contributed by atoms with Gasteiger partial charge in [-0.1, -0.05) is 60.1 Å². The molecule has 4 rings (SSSR count). The number of nitro groups is 1. The van der Waals surface area contributed by atoms with E-state index in [-0.39, 0.29) is 17.8 Å². The van der Waals surface area contributed by atoms with Crippen LogP contribution >= 0.6 is 15.9 Å². The molecule has 1 aliphatic heterocycles. The van der Waals surface area contributed by atoms with E-state index < -0.39 is 28.6 Å². The van der Waals surface area contributed by atoms with E-state index in [1.807, 2.05) is 13.0 Å². The Morgan fingerprint density at radius 3 is 2.57 bits per heavy atom. The lowest BCUT2D eigenvalue weighted by molar-refractivity contribution is -0.384. The number of non-ortho nitro benzene ring substituents is 1. The molecule has 35 heavy (non-hydrogen) atoms. The third-order valence-corrected chi connectivity index (χ3v) is 6.95. The van der Waals surface area contributed by atoms with Crippen molar-refractivity contribution in [2.75, 3.05) is 4.90 Å². The summed E-state index contributed by atoms with van der Waals surface area (Å²) in [5, 5.41) is 22.8. The first-order valence-corrected chi connectivity index (χ1v) is 12.0. The Bertz CT molecular complexity index is 1350. The van der Waals surface area contributed by atoms with E-state index in [9.17, 15) is 24.8 Å². The van der Waals surface area contributed by atoms with Crippen LogP contribution < -0.4 is 4.90 Å². The number of benzene rings is 3. The standard InChI is InChI=1S/C27H25BrN2O5/c1-16(2)18-8-7-17(3)20(11-18)15-29-24-10-9-21(28)13-23(24)27(33,26(29)32)14-25(31)19-5-4-6-22(12-19)30(34)35/h4-13,16,33H,14-15H2,1-3H3. The van der Waals surface area contributed by atoms with Gasteiger partial charge in [0.2, 0.25) is 0 Å². The van der Waals surface area contributed by atoms with E-state index in [2.05, 4.69) is 41.9 Å². The second-order valence-corrected chi connectivity index (χ2v) is 10.1. The number of hydrogen-bond donors (Lipinski definition) is 1. The summed E-state index contributed by atoms with van der Waals surface area (Å²) in [6, 6.07) is 16.6. The van der Waals surface area contributed by atoms with Crippen molar-refractivity contribution in [1.82, 2.24) is 0 Å². The second kappa shape index (κ2) is 9.36. The number of halogens is 1. The Morgan fingerprint density at radius 2 is 1.89 bits per heavy atom. The number of nitro benzene ring substituents is 1. The highest BCUT2D eigenvalue weighted by Crippen LogP contribution is 2.45. The summed E-state index contributed by atoms with van der Waals surface area (Å²) < 4.78 is 0.658. The average Bonchev–Trinajstić information content (AvgIpc) is 3.01. The summed E-state index contributed by atoms with van der Waals surface area (Å²) in [7, 11) is 0. The highest BCUT2D eigenvalue weighted by molar-refractivity contribution is 9.10. The number of fused-ring (bicyclic) bond motifs is 1. The molecule has 8 heteroatoms. The van der Waals surface area contributed by atoms with Gasteiger partial charge in [0.1, 0.15) is 0 Å². The fraction of sp³-hybridized carbons (Fsp3) is 0.259. The van der Waals surface area contributed by atoms with Crippen molar-refractivity contribution in [3.05, 3.63) is 103 Å². The lowest BCUT2D eigenvalue weighted by Gasteiger charge is -2.24. The molecule has 3 aromatic rings. The normalized spacial score (nSPS) is 17.1. The Kier molecular flexibility index (Phi) is 6.62. The molecule has 0 saturated carbocycles. The molecule has 1 N–H and O–H groups in total. The first-order chi connectivity index (χ1) is 16.5. The van der Waals surface area contributed by atoms with Crippen molar-refractivity contribution < 1.29 is 19.6 Å². The van der Waals surface area contributed by atoms with Gasteiger partial charge in [0.05, 0.1) is 23.6 Å². The lowest BCUT2D eigenvalue weighted by Crippen LogP contribution is -2.41. The van der Waals surface area contributed by atoms with Crippen molar-refractivity contribution in [1.29, 1.82) is 0 Å². The molecule has 180 valence electrons. The number of aryl methyl sites for hydroxylation is 1. The predicted molar refractivity (Wildman–Crippen MR) is 137 cm³/mol. The summed E-state index contributed by atoms with van der Waals surface area (Å²) in [4.78, 5) is 38.8. The maximum absolute atomic E-state index is 13.7. The quantitative estimate of drug-likeness (QED) is 0.233. The van der Waals surface area contributed by atoms with Crippen LogP contribution in [-0.2, 0) is 16.9 Å². The molecule has 7 nitrogen and oxygen atoms in total. The lowest BCUT2D eigenvalue weighted by atomic mass is 9.88. The molecule has 0 aromatic heterocycles. The minimum absolute atomic E-state index is 0.0656. The second-order valence-electron chi connectivity index (χ2n) is 9.16. The molecule has 0 spiro atoms. The van der Waals surface area contributed by atoms with Gasteiger partial charge in [-0.25, -0.2) is 0 Å². The molecular weight excluding hydrogens is 512 g/mol. The van der Waals surface area contributed by atoms with Gasteiger partial charge >= 0.3 is 0 Å². The zero-order valence-electron chi connectivity index (χ0n) is 19.6. The number of amides is 1. The zero-order valence-corrected chi connectivity index (χ0v) is 21.2. The molecular formula is C27H25BrN2O5. The van der Waals surface area contributed by atoms with E-state index in [1.54, 1.807) is 18.2 Å². The molecule has 1 aliphatic rings. The van der Waals surface area contributed by atoms with Crippen LogP contribution in [0.2, 0.25) is 0 Å². The third-order valence-electron chi connectivity index (χ3n) is 6.46. The third kappa shape index (κ3) is 4.63. The van der Waals surface area contributed by atoms with Gasteiger partial charge in [-0.3, -0.25) is 19.7 Å². The van der Waals surface area contributed by atoms with Gasteiger partial charge in [0, 0.05) is 27.7 Å². The van der Waals surface area contributed by atoms with Crippen LogP contribution in [0.1, 0.15) is 58.8 Å². The minimum Gasteiger partial charge on any atom is -0.375 e. The molecule has 0 bridgehead atoms. The van der Waals surface area contributed by atoms with Gasteiger partial charge < -0.3 is 10.0 Å². The Hall–Kier alpha value is -3.36. The minimum atomic E-state index is -2.09. The van der Waals surface area contributed by atoms with E-state index in [0.29, 0.717) is 21.6 Å². The van der Waals surface area contributed by atoms with Crippen LogP contribution in [-0.4, -0.2) is 21.7 Å². The van der Waals surface area contributed by atoms with Crippen LogP contribution in [0.5, 0.6) is 0 Å². The van der Waals surface area contributed by atoms with Gasteiger partial charge in [0.15, 0.2) is 11.4 Å². The van der Waals surface area contributed by atoms with Crippen LogP contribution in [0.3, 0.4) is 0 Å². The van der Waals surface area contributed by atoms with E-state index >= 15 is 0 Å². The number of Topliss-reactive ketones (excluding diaryl/α,β-unsaturated/α-hetero) is 1. The molecule has 0 aliphatic carbocycles. The number of ketones is 1. The summed E-state index contributed by atoms with van der Waals surface area (Å²) in [6.45, 7) is 6.41. The summed E-state index contributed by atoms with van der Waals surface area (Å²) in [5.41, 5.74) is 1.71. The van der Waals surface area contributed by atoms with Crippen molar-refractivity contribution in [3.63, 3.8) is 0 Å². The number of nitrogens with zero attached hydrogens (tertiary/aromatic N) is 2. The monoisotopic (exact) mass is 536 g/mol. The molecule has 3 aromatic carbocycles. The van der Waals surface area contributed by atoms with Crippen LogP contribution in [0.25, 0.3) is 0 Å². The van der Waals surface area contributed by atoms with Crippen LogP contribution in [0.15, 0.2) is 65.1 Å². The SMILES string of the molecule is Cc1ccc(C(C)C)cc1CN1C(=O)C(O)(CC(=O)c2cccc([N+](=O)[O-])c2)c2cc(Br)ccc21. The smallest absolute Gasteiger partial charge is 0.270 e. The molecule has 1 amide bonds. The van der Waals surface area contributed by atoms with Crippen molar-refractivity contribution in [2.24, 2.45) is 0 Å². The largest absolute Gasteiger partial charge is 0.375 e. The Morgan fingerprint density at radius 1 is 1.14 bits per heavy atom. The number of hydrogen-bond acceptors (Lipinski definition) is 5. The molecule has 0 saturated heterocycles. The predicted octanol–water partition coefficient (Wildman–Crippen LogP) is 5.80. The molecule has 0 fully saturated rings. The first kappa shape index (κ1) is 24.8. The molecule has 1 atom stereocenters. The molecule has 0 radical (unpaired) electrons. The topological polar surface area (TPSA) is 101 Å². The fourth-order valence-corrected chi connectivity index (χ4v) is 4.73. The van der Waals surface area contributed by atoms with Gasteiger partial charge in [-0.2, -0.15) is 0 Å². The van der Waals surface area contributed by atoms with E-state index in [1.165, 1.54) is 23.1 Å². The first-order valence-electron chi connectivity index (χ1n) is 11.2. The van der Waals surface area contributed by atoms with Crippen molar-refractivity contribution in [2.45, 2.75) is 45.3 Å². The number of carbonyl (C=O) groups is 2. The number of aliphatic hydroxyl groups is 1. The van der Waals surface area contributed by atoms with Gasteiger partial charge in [0.25, 0.3) is 11.6 Å². The highest BCUT2D eigenvalue weighted by atomic mass is 79.9. The number of rotatable bonds is 7. The Labute approximate surface area is 211 Å². The van der Waals surface area contributed by atoms with Gasteiger partial charge in [-0.05, 0) is 47.7 Å². The maximum Gasteiger partial charge on any atom is 0.270 e. The molecule has 1 unspecified atom stereocenters. The van der Waals surface area contributed by atoms with Crippen LogP contribution in [0.4, 0.5) is 11.4 Å². The summed E-state index contributed by atoms with van der Waals surface area (Å²) >= 11 is 3.40. The van der Waals surface area contributed by atoms with E-state index in [4.69, 9.17) is 0 Å². The number of carbonyl (C=O) groups excluding carboxylic acids is 2. The zero-order chi connectivity index (χ0) is 25.5. The summed E-state index contributed by atoms with van der Waals surface area (Å²) in [5.74, 6) is -0.842. The number of anilines is 1. The average molecular weight is 537 g/mol. The van der Waals surface area contributed by atoms with E-state index in [0.717, 1.165) is 22.8 Å². The van der Waals surface area contributed by atoms with Crippen molar-refractivity contribution in [3.8, 4) is 0 Å². The van der Waals surface area contributed by atoms with Crippen LogP contribution in [0, 0.1) is 17.0 Å². The maximum atomic E-state index is 13.7. The molecule has 1 heterocycles. The van der Waals surface area contributed by atoms with Crippen molar-refractivity contribution >= 4 is 39.0 Å². The fourth-order valence-electron chi connectivity index (χ4n) is 4.37.